The van der Waals surface area contributed by atoms with E-state index in [1.165, 1.54) is 7.11 Å². The van der Waals surface area contributed by atoms with Gasteiger partial charge in [0.25, 0.3) is 0 Å². The van der Waals surface area contributed by atoms with Crippen LogP contribution in [0.25, 0.3) is 0 Å². The Bertz CT molecular complexity index is 1530. The molecule has 2 rings (SSSR count). The second-order valence-corrected chi connectivity index (χ2v) is 19.7. The zero-order valence-corrected chi connectivity index (χ0v) is 40.3. The summed E-state index contributed by atoms with van der Waals surface area (Å²) in [5.41, 5.74) is 1.02. The molecule has 1 heterocycles. The van der Waals surface area contributed by atoms with Crippen molar-refractivity contribution >= 4 is 29.6 Å². The van der Waals surface area contributed by atoms with Crippen LogP contribution in [0, 0.1) is 35.0 Å². The Balaban J connectivity index is 2.26. The highest BCUT2D eigenvalue weighted by Gasteiger charge is 2.43. The van der Waals surface area contributed by atoms with Crippen molar-refractivity contribution in [1.82, 2.24) is 25.3 Å². The number of ether oxygens (including phenoxy) is 2. The molecular formula is C48H83N5O8. The van der Waals surface area contributed by atoms with Crippen molar-refractivity contribution in [2.45, 2.75) is 164 Å². The number of aliphatic carboxylic acids is 1. The van der Waals surface area contributed by atoms with Crippen molar-refractivity contribution in [3.63, 3.8) is 0 Å². The standard InChI is InChI=1S/C48H83N5O8/c1-16-33(7)42(52(13)46(57)40(30(2)3)50-45(56)41(31(4)5)51(12)26-24-32(6)29-48(9,10)11)38(60-14)28-39(54)53-25-20-23-37(53)43(61-15)34(8)44(55)49-36(47(58)59)27-35-21-18-17-19-22-35/h17-19,21-22,30-34,36-38,40-43H,16,20,23-29H2,1-15H3,(H,49,55)(H,50,56)(H,58,59)/t32?,33-,34+,36-,37-,38+,40-,41-,42-,43+/m0/s1. The van der Waals surface area contributed by atoms with E-state index < -0.39 is 60.2 Å². The van der Waals surface area contributed by atoms with Gasteiger partial charge >= 0.3 is 5.97 Å². The fraction of sp³-hybridized carbons (Fsp3) is 0.771. The third-order valence-electron chi connectivity index (χ3n) is 12.7. The fourth-order valence-corrected chi connectivity index (χ4v) is 9.35. The lowest BCUT2D eigenvalue weighted by molar-refractivity contribution is -0.148. The molecule has 0 aliphatic carbocycles. The summed E-state index contributed by atoms with van der Waals surface area (Å²) in [7, 11) is 6.79. The molecule has 0 spiro atoms. The molecule has 0 radical (unpaired) electrons. The predicted octanol–water partition coefficient (Wildman–Crippen LogP) is 6.28. The van der Waals surface area contributed by atoms with Gasteiger partial charge in [-0.2, -0.15) is 0 Å². The zero-order chi connectivity index (χ0) is 46.4. The number of carbonyl (C=O) groups excluding carboxylic acids is 4. The van der Waals surface area contributed by atoms with Crippen LogP contribution in [0.15, 0.2) is 30.3 Å². The van der Waals surface area contributed by atoms with Crippen molar-refractivity contribution in [1.29, 1.82) is 0 Å². The van der Waals surface area contributed by atoms with Gasteiger partial charge in [0.1, 0.15) is 12.1 Å². The molecule has 1 aliphatic heterocycles. The first-order valence-electron chi connectivity index (χ1n) is 22.7. The molecule has 13 nitrogen and oxygen atoms in total. The van der Waals surface area contributed by atoms with Crippen LogP contribution in [0.5, 0.6) is 0 Å². The van der Waals surface area contributed by atoms with Gasteiger partial charge in [0.05, 0.1) is 42.7 Å². The van der Waals surface area contributed by atoms with E-state index in [1.54, 1.807) is 30.9 Å². The van der Waals surface area contributed by atoms with Gasteiger partial charge in [-0.25, -0.2) is 4.79 Å². The molecule has 1 aromatic carbocycles. The van der Waals surface area contributed by atoms with Crippen LogP contribution in [0.2, 0.25) is 0 Å². The first-order valence-corrected chi connectivity index (χ1v) is 22.7. The Morgan fingerprint density at radius 3 is 2.03 bits per heavy atom. The minimum absolute atomic E-state index is 0.0125. The van der Waals surface area contributed by atoms with E-state index in [2.05, 4.69) is 43.2 Å². The summed E-state index contributed by atoms with van der Waals surface area (Å²) < 4.78 is 12.0. The lowest BCUT2D eigenvalue weighted by Gasteiger charge is -2.41. The van der Waals surface area contributed by atoms with Crippen LogP contribution in [0.1, 0.15) is 120 Å². The predicted molar refractivity (Wildman–Crippen MR) is 242 cm³/mol. The smallest absolute Gasteiger partial charge is 0.326 e. The maximum atomic E-state index is 14.5. The van der Waals surface area contributed by atoms with E-state index >= 15 is 0 Å². The van der Waals surface area contributed by atoms with Gasteiger partial charge < -0.3 is 35.0 Å². The number of carbonyl (C=O) groups is 5. The van der Waals surface area contributed by atoms with E-state index in [0.29, 0.717) is 25.3 Å². The van der Waals surface area contributed by atoms with Crippen LogP contribution in [-0.2, 0) is 39.9 Å². The van der Waals surface area contributed by atoms with E-state index in [4.69, 9.17) is 9.47 Å². The number of likely N-dealkylation sites (tertiary alicyclic amines) is 1. The third-order valence-corrected chi connectivity index (χ3v) is 12.7. The van der Waals surface area contributed by atoms with E-state index in [-0.39, 0.29) is 53.7 Å². The Labute approximate surface area is 368 Å². The molecule has 1 aliphatic rings. The molecule has 348 valence electrons. The molecule has 0 bridgehead atoms. The number of methoxy groups -OCH3 is 2. The first kappa shape index (κ1) is 53.6. The number of nitrogens with zero attached hydrogens (tertiary/aromatic N) is 3. The number of hydrogen-bond donors (Lipinski definition) is 3. The van der Waals surface area contributed by atoms with Gasteiger partial charge in [-0.05, 0) is 73.9 Å². The second-order valence-electron chi connectivity index (χ2n) is 19.7. The first-order chi connectivity index (χ1) is 28.5. The van der Waals surface area contributed by atoms with Crippen LogP contribution in [-0.4, -0.2) is 133 Å². The van der Waals surface area contributed by atoms with Gasteiger partial charge in [0, 0.05) is 34.2 Å². The molecule has 10 atom stereocenters. The van der Waals surface area contributed by atoms with E-state index in [0.717, 1.165) is 31.4 Å². The second kappa shape index (κ2) is 24.9. The van der Waals surface area contributed by atoms with Crippen molar-refractivity contribution in [2.24, 2.45) is 35.0 Å². The highest BCUT2D eigenvalue weighted by molar-refractivity contribution is 5.90. The molecule has 1 saturated heterocycles. The molecule has 1 aromatic rings. The highest BCUT2D eigenvalue weighted by atomic mass is 16.5. The maximum Gasteiger partial charge on any atom is 0.326 e. The van der Waals surface area contributed by atoms with Crippen molar-refractivity contribution in [3.05, 3.63) is 35.9 Å². The molecule has 13 heteroatoms. The maximum absolute atomic E-state index is 14.5. The largest absolute Gasteiger partial charge is 0.480 e. The quantitative estimate of drug-likeness (QED) is 0.103. The van der Waals surface area contributed by atoms with Crippen molar-refractivity contribution in [3.8, 4) is 0 Å². The number of hydrogen-bond acceptors (Lipinski definition) is 8. The summed E-state index contributed by atoms with van der Waals surface area (Å²) in [6.45, 7) is 23.9. The Morgan fingerprint density at radius 1 is 0.902 bits per heavy atom. The van der Waals surface area contributed by atoms with Crippen LogP contribution in [0.4, 0.5) is 0 Å². The average Bonchev–Trinajstić information content (AvgIpc) is 3.67. The van der Waals surface area contributed by atoms with Crippen molar-refractivity contribution < 1.29 is 38.6 Å². The average molecular weight is 858 g/mol. The summed E-state index contributed by atoms with van der Waals surface area (Å²) in [6, 6.07) is 5.87. The number of amides is 4. The Kier molecular flexibility index (Phi) is 21.9. The minimum atomic E-state index is -1.14. The molecular weight excluding hydrogens is 775 g/mol. The summed E-state index contributed by atoms with van der Waals surface area (Å²) in [6.07, 6.45) is 2.86. The molecule has 1 unspecified atom stereocenters. The SMILES string of the molecule is CC[C@H](C)[C@@H]([C@@H](CC(=O)N1CCC[C@H]1[C@H](OC)[C@@H](C)C(=O)N[C@@H](Cc1ccccc1)C(=O)O)OC)N(C)C(=O)[C@@H](NC(=O)[C@H](C(C)C)N(C)CCC(C)CC(C)(C)C)C(C)C. The number of rotatable bonds is 25. The summed E-state index contributed by atoms with van der Waals surface area (Å²) >= 11 is 0. The molecule has 0 aromatic heterocycles. The van der Waals surface area contributed by atoms with Gasteiger partial charge in [-0.1, -0.05) is 113 Å². The Hall–Kier alpha value is -3.55. The number of carboxylic acids is 1. The number of carboxylic acid groups (broad SMARTS) is 1. The topological polar surface area (TPSA) is 158 Å². The fourth-order valence-electron chi connectivity index (χ4n) is 9.35. The van der Waals surface area contributed by atoms with E-state index in [9.17, 15) is 29.1 Å². The van der Waals surface area contributed by atoms with Crippen LogP contribution in [0.3, 0.4) is 0 Å². The minimum Gasteiger partial charge on any atom is -0.480 e. The van der Waals surface area contributed by atoms with Crippen LogP contribution >= 0.6 is 0 Å². The normalized spacial score (nSPS) is 19.1. The lowest BCUT2D eigenvalue weighted by Crippen LogP contribution is -2.60. The Morgan fingerprint density at radius 2 is 1.52 bits per heavy atom. The van der Waals surface area contributed by atoms with E-state index in [1.807, 2.05) is 78.9 Å². The molecule has 1 fully saturated rings. The molecule has 0 saturated carbocycles. The lowest BCUT2D eigenvalue weighted by atomic mass is 9.84. The number of nitrogens with one attached hydrogen (secondary N) is 2. The van der Waals surface area contributed by atoms with Gasteiger partial charge in [-0.15, -0.1) is 0 Å². The van der Waals surface area contributed by atoms with Gasteiger partial charge in [0.2, 0.25) is 23.6 Å². The zero-order valence-electron chi connectivity index (χ0n) is 40.3. The molecule has 4 amide bonds. The highest BCUT2D eigenvalue weighted by Crippen LogP contribution is 2.30. The van der Waals surface area contributed by atoms with Gasteiger partial charge in [0.15, 0.2) is 0 Å². The third kappa shape index (κ3) is 15.9. The number of benzene rings is 1. The monoisotopic (exact) mass is 858 g/mol. The van der Waals surface area contributed by atoms with Gasteiger partial charge in [-0.3, -0.25) is 24.1 Å². The van der Waals surface area contributed by atoms with Crippen molar-refractivity contribution in [2.75, 3.05) is 41.4 Å². The van der Waals surface area contributed by atoms with Crippen LogP contribution < -0.4 is 10.6 Å². The molecule has 61 heavy (non-hydrogen) atoms. The molecule has 3 N–H and O–H groups in total. The summed E-state index contributed by atoms with van der Waals surface area (Å²) in [4.78, 5) is 74.2. The summed E-state index contributed by atoms with van der Waals surface area (Å²) in [5.74, 6) is -2.69. The summed E-state index contributed by atoms with van der Waals surface area (Å²) in [5, 5.41) is 15.8. The number of likely N-dealkylation sites (N-methyl/N-ethyl adjacent to an activating group) is 2.